The highest BCUT2D eigenvalue weighted by atomic mass is 127. The van der Waals surface area contributed by atoms with E-state index in [1.54, 1.807) is 7.05 Å². The number of halogens is 1. The molecule has 8 heteroatoms. The van der Waals surface area contributed by atoms with Crippen LogP contribution in [-0.4, -0.2) is 69.0 Å². The van der Waals surface area contributed by atoms with Gasteiger partial charge in [-0.15, -0.1) is 24.0 Å². The molecule has 0 radical (unpaired) electrons. The first kappa shape index (κ1) is 25.2. The lowest BCUT2D eigenvalue weighted by Crippen LogP contribution is -2.45. The second kappa shape index (κ2) is 13.4. The third-order valence-corrected chi connectivity index (χ3v) is 4.01. The van der Waals surface area contributed by atoms with E-state index in [2.05, 4.69) is 15.6 Å². The van der Waals surface area contributed by atoms with Crippen molar-refractivity contribution in [3.63, 3.8) is 0 Å². The van der Waals surface area contributed by atoms with Crippen molar-refractivity contribution in [2.75, 3.05) is 46.4 Å². The van der Waals surface area contributed by atoms with E-state index in [-0.39, 0.29) is 30.1 Å². The smallest absolute Gasteiger partial charge is 0.410 e. The molecule has 1 rings (SSSR count). The van der Waals surface area contributed by atoms with Gasteiger partial charge in [0, 0.05) is 46.4 Å². The molecule has 1 fully saturated rings. The van der Waals surface area contributed by atoms with Crippen LogP contribution in [0.1, 0.15) is 47.0 Å². The molecule has 7 nitrogen and oxygen atoms in total. The van der Waals surface area contributed by atoms with Crippen molar-refractivity contribution in [3.8, 4) is 0 Å². The molecule has 1 saturated heterocycles. The minimum Gasteiger partial charge on any atom is -0.444 e. The molecular formula is C18H37IN4O3. The highest BCUT2D eigenvalue weighted by Crippen LogP contribution is 2.19. The van der Waals surface area contributed by atoms with Crippen molar-refractivity contribution in [3.05, 3.63) is 0 Å². The molecule has 0 atom stereocenters. The van der Waals surface area contributed by atoms with Gasteiger partial charge in [-0.1, -0.05) is 0 Å². The number of nitrogens with zero attached hydrogens (tertiary/aromatic N) is 2. The highest BCUT2D eigenvalue weighted by molar-refractivity contribution is 14.0. The minimum absolute atomic E-state index is 0. The minimum atomic E-state index is -0.435. The van der Waals surface area contributed by atoms with Gasteiger partial charge >= 0.3 is 6.09 Å². The SMILES string of the molecule is CCOCCCNC(=NC)NCC1CCN(C(=O)OC(C)(C)C)CC1.I. The zero-order valence-corrected chi connectivity index (χ0v) is 19.3. The predicted molar refractivity (Wildman–Crippen MR) is 116 cm³/mol. The predicted octanol–water partition coefficient (Wildman–Crippen LogP) is 2.84. The lowest BCUT2D eigenvalue weighted by molar-refractivity contribution is 0.0185. The number of rotatable bonds is 7. The van der Waals surface area contributed by atoms with Crippen LogP contribution in [0.2, 0.25) is 0 Å². The summed E-state index contributed by atoms with van der Waals surface area (Å²) in [4.78, 5) is 18.1. The Kier molecular flexibility index (Phi) is 13.0. The molecule has 0 spiro atoms. The van der Waals surface area contributed by atoms with E-state index in [1.807, 2.05) is 32.6 Å². The average Bonchev–Trinajstić information content (AvgIpc) is 2.56. The average molecular weight is 484 g/mol. The monoisotopic (exact) mass is 484 g/mol. The van der Waals surface area contributed by atoms with Crippen LogP contribution in [0.5, 0.6) is 0 Å². The lowest BCUT2D eigenvalue weighted by atomic mass is 9.97. The number of ether oxygens (including phenoxy) is 2. The molecule has 0 aliphatic carbocycles. The van der Waals surface area contributed by atoms with Crippen molar-refractivity contribution < 1.29 is 14.3 Å². The Balaban J connectivity index is 0.00000625. The fraction of sp³-hybridized carbons (Fsp3) is 0.889. The lowest BCUT2D eigenvalue weighted by Gasteiger charge is -2.33. The molecular weight excluding hydrogens is 447 g/mol. The van der Waals surface area contributed by atoms with E-state index < -0.39 is 5.60 Å². The normalized spacial score (nSPS) is 16.0. The van der Waals surface area contributed by atoms with E-state index in [1.165, 1.54) is 0 Å². The Bertz CT molecular complexity index is 419. The van der Waals surface area contributed by atoms with Crippen LogP contribution >= 0.6 is 24.0 Å². The molecule has 1 aliphatic heterocycles. The van der Waals surface area contributed by atoms with Crippen molar-refractivity contribution in [1.29, 1.82) is 0 Å². The molecule has 1 amide bonds. The van der Waals surface area contributed by atoms with Gasteiger partial charge in [0.05, 0.1) is 0 Å². The summed E-state index contributed by atoms with van der Waals surface area (Å²) in [7, 11) is 1.78. The molecule has 0 aromatic carbocycles. The van der Waals surface area contributed by atoms with Gasteiger partial charge in [0.15, 0.2) is 5.96 Å². The summed E-state index contributed by atoms with van der Waals surface area (Å²) in [5, 5.41) is 6.67. The molecule has 0 unspecified atom stereocenters. The van der Waals surface area contributed by atoms with Crippen molar-refractivity contribution in [1.82, 2.24) is 15.5 Å². The number of nitrogens with one attached hydrogen (secondary N) is 2. The van der Waals surface area contributed by atoms with E-state index >= 15 is 0 Å². The molecule has 26 heavy (non-hydrogen) atoms. The largest absolute Gasteiger partial charge is 0.444 e. The maximum atomic E-state index is 12.1. The van der Waals surface area contributed by atoms with Gasteiger partial charge in [-0.05, 0) is 52.9 Å². The first-order valence-corrected chi connectivity index (χ1v) is 9.36. The summed E-state index contributed by atoms with van der Waals surface area (Å²) >= 11 is 0. The zero-order chi connectivity index (χ0) is 18.7. The summed E-state index contributed by atoms with van der Waals surface area (Å²) in [5.74, 6) is 1.37. The number of hydrogen-bond donors (Lipinski definition) is 2. The fourth-order valence-corrected chi connectivity index (χ4v) is 2.63. The Morgan fingerprint density at radius 2 is 1.88 bits per heavy atom. The first-order valence-electron chi connectivity index (χ1n) is 9.36. The van der Waals surface area contributed by atoms with E-state index in [9.17, 15) is 4.79 Å². The highest BCUT2D eigenvalue weighted by Gasteiger charge is 2.26. The van der Waals surface area contributed by atoms with Crippen molar-refractivity contribution in [2.24, 2.45) is 10.9 Å². The summed E-state index contributed by atoms with van der Waals surface area (Å²) in [6, 6.07) is 0. The number of hydrogen-bond acceptors (Lipinski definition) is 4. The fourth-order valence-electron chi connectivity index (χ4n) is 2.63. The third kappa shape index (κ3) is 11.1. The van der Waals surface area contributed by atoms with Crippen LogP contribution < -0.4 is 10.6 Å². The maximum absolute atomic E-state index is 12.1. The number of carbonyl (C=O) groups excluding carboxylic acids is 1. The molecule has 0 aromatic rings. The van der Waals surface area contributed by atoms with E-state index in [0.29, 0.717) is 5.92 Å². The van der Waals surface area contributed by atoms with Crippen LogP contribution in [0.3, 0.4) is 0 Å². The van der Waals surface area contributed by atoms with Gasteiger partial charge in [0.2, 0.25) is 0 Å². The Morgan fingerprint density at radius 1 is 1.23 bits per heavy atom. The van der Waals surface area contributed by atoms with E-state index in [4.69, 9.17) is 9.47 Å². The van der Waals surface area contributed by atoms with Crippen molar-refractivity contribution >= 4 is 36.0 Å². The molecule has 154 valence electrons. The topological polar surface area (TPSA) is 75.2 Å². The summed E-state index contributed by atoms with van der Waals surface area (Å²) in [6.07, 6.45) is 2.72. The van der Waals surface area contributed by atoms with Crippen LogP contribution in [0, 0.1) is 5.92 Å². The van der Waals surface area contributed by atoms with E-state index in [0.717, 1.165) is 64.6 Å². The molecule has 1 heterocycles. The molecule has 2 N–H and O–H groups in total. The third-order valence-electron chi connectivity index (χ3n) is 4.01. The van der Waals surface area contributed by atoms with Gasteiger partial charge in [-0.2, -0.15) is 0 Å². The molecule has 0 saturated carbocycles. The van der Waals surface area contributed by atoms with Crippen LogP contribution in [-0.2, 0) is 9.47 Å². The maximum Gasteiger partial charge on any atom is 0.410 e. The second-order valence-corrected chi connectivity index (χ2v) is 7.34. The number of guanidine groups is 1. The van der Waals surface area contributed by atoms with Gasteiger partial charge < -0.3 is 25.0 Å². The number of carbonyl (C=O) groups is 1. The van der Waals surface area contributed by atoms with Gasteiger partial charge in [0.25, 0.3) is 0 Å². The van der Waals surface area contributed by atoms with Gasteiger partial charge in [0.1, 0.15) is 5.60 Å². The summed E-state index contributed by atoms with van der Waals surface area (Å²) in [6.45, 7) is 12.4. The molecule has 0 bridgehead atoms. The number of amides is 1. The Morgan fingerprint density at radius 3 is 2.42 bits per heavy atom. The second-order valence-electron chi connectivity index (χ2n) is 7.34. The number of likely N-dealkylation sites (tertiary alicyclic amines) is 1. The zero-order valence-electron chi connectivity index (χ0n) is 17.0. The van der Waals surface area contributed by atoms with Gasteiger partial charge in [-0.25, -0.2) is 4.79 Å². The van der Waals surface area contributed by atoms with Crippen molar-refractivity contribution in [2.45, 2.75) is 52.6 Å². The number of piperidine rings is 1. The summed E-state index contributed by atoms with van der Waals surface area (Å²) < 4.78 is 10.8. The standard InChI is InChI=1S/C18H36N4O3.HI/c1-6-24-13-7-10-20-16(19-5)21-14-15-8-11-22(12-9-15)17(23)25-18(2,3)4;/h15H,6-14H2,1-5H3,(H2,19,20,21);1H. The molecule has 1 aliphatic rings. The van der Waals surface area contributed by atoms with Crippen LogP contribution in [0.4, 0.5) is 4.79 Å². The Labute approximate surface area is 175 Å². The van der Waals surface area contributed by atoms with Crippen LogP contribution in [0.25, 0.3) is 0 Å². The summed E-state index contributed by atoms with van der Waals surface area (Å²) in [5.41, 5.74) is -0.435. The van der Waals surface area contributed by atoms with Gasteiger partial charge in [-0.3, -0.25) is 4.99 Å². The number of aliphatic imine (C=N–C) groups is 1. The van der Waals surface area contributed by atoms with Crippen LogP contribution in [0.15, 0.2) is 4.99 Å². The quantitative estimate of drug-likeness (QED) is 0.252. The molecule has 0 aromatic heterocycles. The first-order chi connectivity index (χ1) is 11.9. The Hall–Kier alpha value is -0.770.